The van der Waals surface area contributed by atoms with Gasteiger partial charge in [-0.1, -0.05) is 12.2 Å². The van der Waals surface area contributed by atoms with E-state index in [4.69, 9.17) is 4.74 Å². The molecule has 2 heteroatoms. The summed E-state index contributed by atoms with van der Waals surface area (Å²) in [7, 11) is 1.69. The van der Waals surface area contributed by atoms with Gasteiger partial charge in [-0.2, -0.15) is 0 Å². The summed E-state index contributed by atoms with van der Waals surface area (Å²) in [6, 6.07) is 6.15. The van der Waals surface area contributed by atoms with E-state index < -0.39 is 0 Å². The van der Waals surface area contributed by atoms with Crippen LogP contribution in [-0.2, 0) is 13.0 Å². The van der Waals surface area contributed by atoms with Crippen LogP contribution in [0.2, 0.25) is 0 Å². The maximum atomic E-state index is 5.27. The molecule has 0 radical (unpaired) electrons. The Balaban J connectivity index is 2.62. The monoisotopic (exact) mass is 227 g/mol. The molecule has 2 aromatic rings. The summed E-state index contributed by atoms with van der Waals surface area (Å²) < 4.78 is 7.46. The van der Waals surface area contributed by atoms with Crippen molar-refractivity contribution >= 4 is 10.9 Å². The third kappa shape index (κ3) is 2.11. The zero-order valence-corrected chi connectivity index (χ0v) is 10.1. The van der Waals surface area contributed by atoms with Gasteiger partial charge in [0.25, 0.3) is 0 Å². The highest BCUT2D eigenvalue weighted by molar-refractivity contribution is 5.85. The van der Waals surface area contributed by atoms with Crippen molar-refractivity contribution in [3.05, 3.63) is 55.3 Å². The summed E-state index contributed by atoms with van der Waals surface area (Å²) in [6.45, 7) is 8.41. The number of nitrogens with zero attached hydrogens (tertiary/aromatic N) is 1. The zero-order valence-electron chi connectivity index (χ0n) is 10.1. The third-order valence-corrected chi connectivity index (χ3v) is 2.86. The van der Waals surface area contributed by atoms with Crippen LogP contribution in [0.25, 0.3) is 10.9 Å². The number of aromatic nitrogens is 1. The Morgan fingerprint density at radius 3 is 2.76 bits per heavy atom. The number of hydrogen-bond donors (Lipinski definition) is 0. The van der Waals surface area contributed by atoms with Gasteiger partial charge in [-0.05, 0) is 30.2 Å². The molecule has 88 valence electrons. The summed E-state index contributed by atoms with van der Waals surface area (Å²) in [4.78, 5) is 0. The van der Waals surface area contributed by atoms with Crippen molar-refractivity contribution in [2.75, 3.05) is 7.11 Å². The molecule has 0 bridgehead atoms. The molecule has 0 saturated carbocycles. The Morgan fingerprint density at radius 1 is 1.29 bits per heavy atom. The smallest absolute Gasteiger partial charge is 0.119 e. The Bertz CT molecular complexity index is 551. The number of methoxy groups -OCH3 is 1. The van der Waals surface area contributed by atoms with Gasteiger partial charge < -0.3 is 9.30 Å². The number of rotatable bonds is 5. The number of benzene rings is 1. The molecule has 2 nitrogen and oxygen atoms in total. The van der Waals surface area contributed by atoms with Gasteiger partial charge in [0.2, 0.25) is 0 Å². The Morgan fingerprint density at radius 2 is 2.12 bits per heavy atom. The molecule has 1 heterocycles. The lowest BCUT2D eigenvalue weighted by Gasteiger charge is -2.03. The minimum absolute atomic E-state index is 0.819. The molecule has 0 aliphatic carbocycles. The lowest BCUT2D eigenvalue weighted by Crippen LogP contribution is -1.91. The lowest BCUT2D eigenvalue weighted by atomic mass is 10.1. The molecule has 0 fully saturated rings. The van der Waals surface area contributed by atoms with Crippen molar-refractivity contribution < 1.29 is 4.74 Å². The van der Waals surface area contributed by atoms with Crippen LogP contribution in [0.4, 0.5) is 0 Å². The van der Waals surface area contributed by atoms with Crippen LogP contribution in [0.3, 0.4) is 0 Å². The largest absolute Gasteiger partial charge is 0.497 e. The van der Waals surface area contributed by atoms with Crippen LogP contribution in [0.15, 0.2) is 49.7 Å². The van der Waals surface area contributed by atoms with E-state index >= 15 is 0 Å². The molecular weight excluding hydrogens is 210 g/mol. The quantitative estimate of drug-likeness (QED) is 0.712. The molecule has 0 N–H and O–H groups in total. The van der Waals surface area contributed by atoms with Gasteiger partial charge in [0, 0.05) is 23.6 Å². The molecule has 0 amide bonds. The SMILES string of the molecule is C=CCc1cn(CC=C)c2ccc(OC)cc12. The van der Waals surface area contributed by atoms with Crippen LogP contribution < -0.4 is 4.74 Å². The fourth-order valence-corrected chi connectivity index (χ4v) is 2.09. The topological polar surface area (TPSA) is 14.2 Å². The van der Waals surface area contributed by atoms with Crippen molar-refractivity contribution in [2.24, 2.45) is 0 Å². The molecule has 0 spiro atoms. The molecule has 0 aliphatic rings. The molecule has 17 heavy (non-hydrogen) atoms. The van der Waals surface area contributed by atoms with E-state index in [1.807, 2.05) is 18.2 Å². The Labute approximate surface area is 102 Å². The predicted molar refractivity (Wildman–Crippen MR) is 72.6 cm³/mol. The van der Waals surface area contributed by atoms with Crippen molar-refractivity contribution in [2.45, 2.75) is 13.0 Å². The van der Waals surface area contributed by atoms with E-state index in [1.165, 1.54) is 16.5 Å². The van der Waals surface area contributed by atoms with Crippen LogP contribution in [-0.4, -0.2) is 11.7 Å². The fraction of sp³-hybridized carbons (Fsp3) is 0.200. The molecule has 0 unspecified atom stereocenters. The highest BCUT2D eigenvalue weighted by Gasteiger charge is 2.07. The first-order valence-corrected chi connectivity index (χ1v) is 5.67. The average molecular weight is 227 g/mol. The normalized spacial score (nSPS) is 10.4. The fourth-order valence-electron chi connectivity index (χ4n) is 2.09. The molecule has 2 rings (SSSR count). The zero-order chi connectivity index (χ0) is 12.3. The maximum Gasteiger partial charge on any atom is 0.119 e. The predicted octanol–water partition coefficient (Wildman–Crippen LogP) is 3.56. The van der Waals surface area contributed by atoms with Crippen LogP contribution >= 0.6 is 0 Å². The summed E-state index contributed by atoms with van der Waals surface area (Å²) in [5.41, 5.74) is 2.48. The van der Waals surface area contributed by atoms with Gasteiger partial charge in [-0.25, -0.2) is 0 Å². The summed E-state index contributed by atoms with van der Waals surface area (Å²) in [5, 5.41) is 1.23. The number of ether oxygens (including phenoxy) is 1. The summed E-state index contributed by atoms with van der Waals surface area (Å²) in [6.07, 6.45) is 6.86. The second-order valence-corrected chi connectivity index (χ2v) is 3.97. The Hall–Kier alpha value is -1.96. The molecule has 0 saturated heterocycles. The van der Waals surface area contributed by atoms with Gasteiger partial charge in [0.15, 0.2) is 0 Å². The third-order valence-electron chi connectivity index (χ3n) is 2.86. The maximum absolute atomic E-state index is 5.27. The van der Waals surface area contributed by atoms with Crippen molar-refractivity contribution in [1.82, 2.24) is 4.57 Å². The lowest BCUT2D eigenvalue weighted by molar-refractivity contribution is 0.415. The molecule has 1 aromatic heterocycles. The average Bonchev–Trinajstić information content (AvgIpc) is 2.68. The number of fused-ring (bicyclic) bond motifs is 1. The van der Waals surface area contributed by atoms with Gasteiger partial charge in [0.1, 0.15) is 5.75 Å². The summed E-state index contributed by atoms with van der Waals surface area (Å²) >= 11 is 0. The van der Waals surface area contributed by atoms with Crippen LogP contribution in [0.1, 0.15) is 5.56 Å². The van der Waals surface area contributed by atoms with Gasteiger partial charge >= 0.3 is 0 Å². The highest BCUT2D eigenvalue weighted by Crippen LogP contribution is 2.26. The Kier molecular flexibility index (Phi) is 3.33. The first-order valence-electron chi connectivity index (χ1n) is 5.67. The highest BCUT2D eigenvalue weighted by atomic mass is 16.5. The van der Waals surface area contributed by atoms with E-state index in [0.717, 1.165) is 18.7 Å². The number of allylic oxidation sites excluding steroid dienone is 2. The van der Waals surface area contributed by atoms with Crippen molar-refractivity contribution in [3.63, 3.8) is 0 Å². The van der Waals surface area contributed by atoms with Gasteiger partial charge in [-0.15, -0.1) is 13.2 Å². The van der Waals surface area contributed by atoms with Crippen LogP contribution in [0, 0.1) is 0 Å². The summed E-state index contributed by atoms with van der Waals surface area (Å²) in [5.74, 6) is 0.888. The standard InChI is InChI=1S/C15H17NO/c1-4-6-12-11-16(9-5-2)15-8-7-13(17-3)10-14(12)15/h4-5,7-8,10-11H,1-2,6,9H2,3H3. The first kappa shape index (κ1) is 11.5. The minimum Gasteiger partial charge on any atom is -0.497 e. The number of hydrogen-bond acceptors (Lipinski definition) is 1. The van der Waals surface area contributed by atoms with E-state index in [1.54, 1.807) is 7.11 Å². The van der Waals surface area contributed by atoms with E-state index in [9.17, 15) is 0 Å². The van der Waals surface area contributed by atoms with E-state index in [-0.39, 0.29) is 0 Å². The molecule has 0 atom stereocenters. The second kappa shape index (κ2) is 4.91. The van der Waals surface area contributed by atoms with Gasteiger partial charge in [-0.3, -0.25) is 0 Å². The van der Waals surface area contributed by atoms with E-state index in [0.29, 0.717) is 0 Å². The van der Waals surface area contributed by atoms with Crippen LogP contribution in [0.5, 0.6) is 5.75 Å². The van der Waals surface area contributed by atoms with Crippen molar-refractivity contribution in [1.29, 1.82) is 0 Å². The van der Waals surface area contributed by atoms with Crippen molar-refractivity contribution in [3.8, 4) is 5.75 Å². The van der Waals surface area contributed by atoms with Gasteiger partial charge in [0.05, 0.1) is 7.11 Å². The molecule has 1 aromatic carbocycles. The minimum atomic E-state index is 0.819. The first-order chi connectivity index (χ1) is 8.30. The second-order valence-electron chi connectivity index (χ2n) is 3.97. The van der Waals surface area contributed by atoms with E-state index in [2.05, 4.69) is 36.1 Å². The molecular formula is C15H17NO. The molecule has 0 aliphatic heterocycles.